The van der Waals surface area contributed by atoms with Crippen LogP contribution in [0.2, 0.25) is 0 Å². The molecule has 154 valence electrons. The van der Waals surface area contributed by atoms with E-state index in [1.54, 1.807) is 4.90 Å². The van der Waals surface area contributed by atoms with E-state index < -0.39 is 24.6 Å². The van der Waals surface area contributed by atoms with E-state index in [9.17, 15) is 23.5 Å². The van der Waals surface area contributed by atoms with E-state index in [0.717, 1.165) is 10.5 Å². The molecule has 0 spiro atoms. The number of nitrogens with zero attached hydrogens (tertiary/aromatic N) is 2. The van der Waals surface area contributed by atoms with E-state index in [0.29, 0.717) is 38.8 Å². The minimum atomic E-state index is -3.27. The largest absolute Gasteiger partial charge is 0.387 e. The quantitative estimate of drug-likeness (QED) is 0.819. The number of amides is 3. The Balaban J connectivity index is 1.40. The fourth-order valence-corrected chi connectivity index (χ4v) is 3.69. The molecular formula is C20H27F2N3O3. The van der Waals surface area contributed by atoms with Gasteiger partial charge in [-0.25, -0.2) is 13.6 Å². The SMILES string of the molecule is O=C(CCc1ccccc1)N1CCC(NC(=O)N2CCC(O)C(F)(F)C2)CC1. The van der Waals surface area contributed by atoms with Crippen molar-refractivity contribution in [3.8, 4) is 0 Å². The Bertz CT molecular complexity index is 679. The Morgan fingerprint density at radius 1 is 1.07 bits per heavy atom. The highest BCUT2D eigenvalue weighted by Gasteiger charge is 2.45. The van der Waals surface area contributed by atoms with E-state index in [-0.39, 0.29) is 24.9 Å². The third-order valence-electron chi connectivity index (χ3n) is 5.49. The molecule has 2 aliphatic rings. The minimum absolute atomic E-state index is 0.0956. The number of rotatable bonds is 4. The second kappa shape index (κ2) is 8.86. The van der Waals surface area contributed by atoms with Crippen LogP contribution in [0.25, 0.3) is 0 Å². The smallest absolute Gasteiger partial charge is 0.317 e. The number of halogens is 2. The summed E-state index contributed by atoms with van der Waals surface area (Å²) in [6, 6.07) is 9.18. The van der Waals surface area contributed by atoms with E-state index in [1.165, 1.54) is 0 Å². The molecule has 1 aromatic carbocycles. The molecule has 3 amide bonds. The number of aliphatic hydroxyl groups is 1. The molecule has 0 aliphatic carbocycles. The van der Waals surface area contributed by atoms with E-state index >= 15 is 0 Å². The van der Waals surface area contributed by atoms with Gasteiger partial charge in [-0.3, -0.25) is 4.79 Å². The molecule has 2 saturated heterocycles. The summed E-state index contributed by atoms with van der Waals surface area (Å²) in [7, 11) is 0. The molecule has 2 heterocycles. The summed E-state index contributed by atoms with van der Waals surface area (Å²) in [5, 5.41) is 12.1. The lowest BCUT2D eigenvalue weighted by molar-refractivity contribution is -0.141. The molecule has 2 aliphatic heterocycles. The second-order valence-electron chi connectivity index (χ2n) is 7.58. The molecule has 0 bridgehead atoms. The topological polar surface area (TPSA) is 72.9 Å². The van der Waals surface area contributed by atoms with E-state index in [4.69, 9.17) is 0 Å². The van der Waals surface area contributed by atoms with Gasteiger partial charge in [-0.05, 0) is 31.2 Å². The first-order chi connectivity index (χ1) is 13.3. The fraction of sp³-hybridized carbons (Fsp3) is 0.600. The van der Waals surface area contributed by atoms with Crippen LogP contribution in [-0.4, -0.2) is 71.1 Å². The Morgan fingerprint density at radius 2 is 1.71 bits per heavy atom. The molecule has 6 nitrogen and oxygen atoms in total. The number of carbonyl (C=O) groups excluding carboxylic acids is 2. The van der Waals surface area contributed by atoms with Gasteiger partial charge in [-0.1, -0.05) is 30.3 Å². The summed E-state index contributed by atoms with van der Waals surface area (Å²) >= 11 is 0. The zero-order valence-corrected chi connectivity index (χ0v) is 15.8. The lowest BCUT2D eigenvalue weighted by atomic mass is 10.0. The van der Waals surface area contributed by atoms with Crippen molar-refractivity contribution in [2.24, 2.45) is 0 Å². The summed E-state index contributed by atoms with van der Waals surface area (Å²) in [4.78, 5) is 27.5. The zero-order chi connectivity index (χ0) is 20.1. The lowest BCUT2D eigenvalue weighted by Gasteiger charge is -2.38. The van der Waals surface area contributed by atoms with Crippen LogP contribution in [0.15, 0.2) is 30.3 Å². The van der Waals surface area contributed by atoms with Crippen LogP contribution in [0.1, 0.15) is 31.2 Å². The van der Waals surface area contributed by atoms with E-state index in [2.05, 4.69) is 5.32 Å². The van der Waals surface area contributed by atoms with Gasteiger partial charge in [0, 0.05) is 32.1 Å². The Labute approximate surface area is 163 Å². The van der Waals surface area contributed by atoms with Gasteiger partial charge in [-0.15, -0.1) is 0 Å². The van der Waals surface area contributed by atoms with Gasteiger partial charge in [0.2, 0.25) is 5.91 Å². The Kier molecular flexibility index (Phi) is 6.49. The highest BCUT2D eigenvalue weighted by molar-refractivity contribution is 5.77. The van der Waals surface area contributed by atoms with Gasteiger partial charge >= 0.3 is 6.03 Å². The number of nitrogens with one attached hydrogen (secondary N) is 1. The van der Waals surface area contributed by atoms with Crippen molar-refractivity contribution in [2.75, 3.05) is 26.2 Å². The number of hydrogen-bond donors (Lipinski definition) is 2. The standard InChI is InChI=1S/C20H27F2N3O3/c21-20(22)14-25(13-10-17(20)26)19(28)23-16-8-11-24(12-9-16)18(27)7-6-15-4-2-1-3-5-15/h1-5,16-17,26H,6-14H2,(H,23,28). The summed E-state index contributed by atoms with van der Waals surface area (Å²) in [6.45, 7) is 0.442. The van der Waals surface area contributed by atoms with Crippen molar-refractivity contribution < 1.29 is 23.5 Å². The zero-order valence-electron chi connectivity index (χ0n) is 15.8. The summed E-state index contributed by atoms with van der Waals surface area (Å²) in [6.07, 6.45) is 0.541. The average Bonchev–Trinajstić information content (AvgIpc) is 2.69. The Hall–Kier alpha value is -2.22. The molecule has 1 atom stereocenters. The monoisotopic (exact) mass is 395 g/mol. The van der Waals surface area contributed by atoms with Gasteiger partial charge in [0.1, 0.15) is 6.10 Å². The van der Waals surface area contributed by atoms with Gasteiger partial charge in [0.15, 0.2) is 0 Å². The number of piperidine rings is 2. The molecule has 8 heteroatoms. The Morgan fingerprint density at radius 3 is 2.36 bits per heavy atom. The first-order valence-electron chi connectivity index (χ1n) is 9.78. The normalized spacial score (nSPS) is 22.8. The molecule has 1 aromatic rings. The predicted octanol–water partition coefficient (Wildman–Crippen LogP) is 2.02. The minimum Gasteiger partial charge on any atom is -0.387 e. The summed E-state index contributed by atoms with van der Waals surface area (Å²) in [5.41, 5.74) is 1.13. The first-order valence-corrected chi connectivity index (χ1v) is 9.78. The van der Waals surface area contributed by atoms with Crippen molar-refractivity contribution in [3.63, 3.8) is 0 Å². The number of aryl methyl sites for hydroxylation is 1. The van der Waals surface area contributed by atoms with E-state index in [1.807, 2.05) is 30.3 Å². The first kappa shape index (κ1) is 20.5. The highest BCUT2D eigenvalue weighted by Crippen LogP contribution is 2.27. The molecule has 0 aromatic heterocycles. The highest BCUT2D eigenvalue weighted by atomic mass is 19.3. The fourth-order valence-electron chi connectivity index (χ4n) is 3.69. The number of likely N-dealkylation sites (tertiary alicyclic amines) is 2. The van der Waals surface area contributed by atoms with Crippen LogP contribution in [0, 0.1) is 0 Å². The third-order valence-corrected chi connectivity index (χ3v) is 5.49. The summed E-state index contributed by atoms with van der Waals surface area (Å²) < 4.78 is 27.2. The van der Waals surface area contributed by atoms with Crippen LogP contribution >= 0.6 is 0 Å². The van der Waals surface area contributed by atoms with Gasteiger partial charge in [-0.2, -0.15) is 0 Å². The van der Waals surface area contributed by atoms with Crippen LogP contribution in [0.5, 0.6) is 0 Å². The molecule has 3 rings (SSSR count). The van der Waals surface area contributed by atoms with Gasteiger partial charge in [0.05, 0.1) is 6.54 Å². The number of urea groups is 1. The maximum absolute atomic E-state index is 13.6. The van der Waals surface area contributed by atoms with Crippen molar-refractivity contribution in [1.82, 2.24) is 15.1 Å². The number of carbonyl (C=O) groups is 2. The average molecular weight is 395 g/mol. The molecule has 0 saturated carbocycles. The second-order valence-corrected chi connectivity index (χ2v) is 7.58. The molecule has 0 radical (unpaired) electrons. The molecule has 2 N–H and O–H groups in total. The van der Waals surface area contributed by atoms with Crippen molar-refractivity contribution in [3.05, 3.63) is 35.9 Å². The third kappa shape index (κ3) is 5.19. The maximum Gasteiger partial charge on any atom is 0.317 e. The molecule has 28 heavy (non-hydrogen) atoms. The molecule has 2 fully saturated rings. The van der Waals surface area contributed by atoms with Crippen molar-refractivity contribution in [1.29, 1.82) is 0 Å². The summed E-state index contributed by atoms with van der Waals surface area (Å²) in [5.74, 6) is -3.18. The number of hydrogen-bond acceptors (Lipinski definition) is 3. The van der Waals surface area contributed by atoms with Crippen LogP contribution in [0.3, 0.4) is 0 Å². The molecular weight excluding hydrogens is 368 g/mol. The van der Waals surface area contributed by atoms with Crippen molar-refractivity contribution in [2.45, 2.75) is 50.2 Å². The van der Waals surface area contributed by atoms with Crippen molar-refractivity contribution >= 4 is 11.9 Å². The molecule has 1 unspecified atom stereocenters. The van der Waals surface area contributed by atoms with Crippen LogP contribution in [-0.2, 0) is 11.2 Å². The van der Waals surface area contributed by atoms with Crippen LogP contribution in [0.4, 0.5) is 13.6 Å². The maximum atomic E-state index is 13.6. The number of aliphatic hydroxyl groups excluding tert-OH is 1. The number of benzene rings is 1. The van der Waals surface area contributed by atoms with Crippen LogP contribution < -0.4 is 5.32 Å². The van der Waals surface area contributed by atoms with Gasteiger partial charge < -0.3 is 20.2 Å². The number of alkyl halides is 2. The lowest BCUT2D eigenvalue weighted by Crippen LogP contribution is -2.57. The predicted molar refractivity (Wildman–Crippen MR) is 100 cm³/mol. The van der Waals surface area contributed by atoms with Gasteiger partial charge in [0.25, 0.3) is 5.92 Å².